The van der Waals surface area contributed by atoms with Gasteiger partial charge in [-0.25, -0.2) is 9.78 Å². The number of aromatic carboxylic acids is 1. The summed E-state index contributed by atoms with van der Waals surface area (Å²) in [6, 6.07) is 9.39. The van der Waals surface area contributed by atoms with E-state index in [4.69, 9.17) is 24.5 Å². The van der Waals surface area contributed by atoms with Crippen LogP contribution in [0.2, 0.25) is 0 Å². The first-order valence-electron chi connectivity index (χ1n) is 12.1. The number of piperidine rings is 1. The van der Waals surface area contributed by atoms with Gasteiger partial charge in [-0.3, -0.25) is 4.79 Å². The molecular weight excluding hydrogens is 560 g/mol. The first-order valence-corrected chi connectivity index (χ1v) is 13.0. The van der Waals surface area contributed by atoms with Crippen LogP contribution in [0.4, 0.5) is 23.1 Å². The molecule has 2 aromatic heterocycles. The highest BCUT2D eigenvalue weighted by Gasteiger charge is 2.28. The van der Waals surface area contributed by atoms with E-state index in [-0.39, 0.29) is 29.8 Å². The van der Waals surface area contributed by atoms with Crippen molar-refractivity contribution in [1.82, 2.24) is 15.0 Å². The van der Waals surface area contributed by atoms with Crippen LogP contribution in [0.1, 0.15) is 23.2 Å². The highest BCUT2D eigenvalue weighted by molar-refractivity contribution is 7.16. The largest absolute Gasteiger partial charge is 0.507 e. The van der Waals surface area contributed by atoms with Crippen molar-refractivity contribution in [2.24, 2.45) is 5.92 Å². The zero-order valence-electron chi connectivity index (χ0n) is 21.6. The van der Waals surface area contributed by atoms with Crippen LogP contribution in [0.25, 0.3) is 10.3 Å². The summed E-state index contributed by atoms with van der Waals surface area (Å²) in [5.41, 5.74) is 3.17. The molecule has 4 N–H and O–H groups in total. The van der Waals surface area contributed by atoms with E-state index in [0.29, 0.717) is 58.8 Å². The molecule has 5 rings (SSSR count). The summed E-state index contributed by atoms with van der Waals surface area (Å²) in [4.78, 5) is 40.8. The van der Waals surface area contributed by atoms with Crippen LogP contribution in [0, 0.1) is 5.92 Å². The number of methoxy groups -OCH3 is 2. The van der Waals surface area contributed by atoms with Gasteiger partial charge in [0.2, 0.25) is 11.9 Å². The van der Waals surface area contributed by atoms with Gasteiger partial charge >= 0.3 is 5.97 Å². The van der Waals surface area contributed by atoms with E-state index in [0.717, 1.165) is 12.1 Å². The molecule has 1 aliphatic rings. The fraction of sp³-hybridized carbons (Fsp3) is 0.269. The van der Waals surface area contributed by atoms with Crippen LogP contribution >= 0.6 is 23.7 Å². The molecule has 1 fully saturated rings. The molecular formula is C26H27ClN6O6S. The van der Waals surface area contributed by atoms with Gasteiger partial charge in [0.25, 0.3) is 0 Å². The number of carboxylic acid groups (broad SMARTS) is 1. The Kier molecular flexibility index (Phi) is 8.75. The van der Waals surface area contributed by atoms with Crippen LogP contribution in [0.5, 0.6) is 17.2 Å². The smallest absolute Gasteiger partial charge is 0.339 e. The van der Waals surface area contributed by atoms with Crippen LogP contribution < -0.4 is 25.0 Å². The lowest BCUT2D eigenvalue weighted by Gasteiger charge is -2.32. The second kappa shape index (κ2) is 12.2. The SMILES string of the molecule is COc1ccc(Nc2nc(N3CCCC(C(=O)Nc4ccc(C(=O)O)c(O)c4)C3)nc3scnc23)cc1OC.Cl. The molecule has 0 spiro atoms. The number of benzene rings is 2. The Morgan fingerprint density at radius 1 is 1.07 bits per heavy atom. The van der Waals surface area contributed by atoms with Gasteiger partial charge in [0.1, 0.15) is 16.8 Å². The summed E-state index contributed by atoms with van der Waals surface area (Å²) in [7, 11) is 3.14. The lowest BCUT2D eigenvalue weighted by molar-refractivity contribution is -0.120. The average Bonchev–Trinajstić information content (AvgIpc) is 3.42. The van der Waals surface area contributed by atoms with E-state index >= 15 is 0 Å². The van der Waals surface area contributed by atoms with Crippen LogP contribution in [-0.4, -0.2) is 64.4 Å². The molecule has 0 radical (unpaired) electrons. The second-order valence-electron chi connectivity index (χ2n) is 8.88. The quantitative estimate of drug-likeness (QED) is 0.230. The molecule has 0 bridgehead atoms. The van der Waals surface area contributed by atoms with E-state index in [1.807, 2.05) is 11.0 Å². The molecule has 1 amide bonds. The standard InChI is InChI=1S/C26H26N6O6S.ClH/c1-37-19-8-6-16(11-20(19)38-2)28-22-21-24(39-13-27-21)31-26(30-22)32-9-3-4-14(12-32)23(34)29-15-5-7-17(25(35)36)18(33)10-15;/h5-8,10-11,13-14,33H,3-4,9,12H2,1-2H3,(H,29,34)(H,35,36)(H,28,30,31);1H. The first-order chi connectivity index (χ1) is 18.9. The maximum absolute atomic E-state index is 13.0. The third-order valence-electron chi connectivity index (χ3n) is 6.40. The Hall–Kier alpha value is -4.36. The van der Waals surface area contributed by atoms with Crippen LogP contribution in [0.3, 0.4) is 0 Å². The lowest BCUT2D eigenvalue weighted by Crippen LogP contribution is -2.41. The maximum atomic E-state index is 13.0. The second-order valence-corrected chi connectivity index (χ2v) is 9.72. The zero-order chi connectivity index (χ0) is 27.5. The molecule has 14 heteroatoms. The monoisotopic (exact) mass is 586 g/mol. The number of aromatic nitrogens is 3. The van der Waals surface area contributed by atoms with Crippen molar-refractivity contribution in [2.75, 3.05) is 42.8 Å². The molecule has 210 valence electrons. The number of nitrogens with zero attached hydrogens (tertiary/aromatic N) is 4. The van der Waals surface area contributed by atoms with Crippen molar-refractivity contribution in [2.45, 2.75) is 12.8 Å². The lowest BCUT2D eigenvalue weighted by atomic mass is 9.97. The maximum Gasteiger partial charge on any atom is 0.339 e. The number of rotatable bonds is 8. The topological polar surface area (TPSA) is 159 Å². The molecule has 3 heterocycles. The van der Waals surface area contributed by atoms with Gasteiger partial charge in [0.15, 0.2) is 22.1 Å². The molecule has 1 saturated heterocycles. The zero-order valence-corrected chi connectivity index (χ0v) is 23.2. The van der Waals surface area contributed by atoms with Gasteiger partial charge in [-0.1, -0.05) is 0 Å². The van der Waals surface area contributed by atoms with Crippen molar-refractivity contribution in [3.05, 3.63) is 47.5 Å². The number of carbonyl (C=O) groups is 2. The highest BCUT2D eigenvalue weighted by Crippen LogP contribution is 2.34. The van der Waals surface area contributed by atoms with E-state index in [2.05, 4.69) is 15.6 Å². The molecule has 1 unspecified atom stereocenters. The van der Waals surface area contributed by atoms with Crippen molar-refractivity contribution in [3.8, 4) is 17.2 Å². The predicted molar refractivity (Wildman–Crippen MR) is 154 cm³/mol. The number of hydrogen-bond acceptors (Lipinski definition) is 11. The minimum Gasteiger partial charge on any atom is -0.507 e. The van der Waals surface area contributed by atoms with Crippen molar-refractivity contribution >= 4 is 69.1 Å². The molecule has 0 saturated carbocycles. The Morgan fingerprint density at radius 2 is 1.85 bits per heavy atom. The summed E-state index contributed by atoms with van der Waals surface area (Å²) in [6.07, 6.45) is 1.42. The molecule has 40 heavy (non-hydrogen) atoms. The number of amides is 1. The third kappa shape index (κ3) is 5.95. The number of carbonyl (C=O) groups excluding carboxylic acids is 1. The number of halogens is 1. The molecule has 12 nitrogen and oxygen atoms in total. The van der Waals surface area contributed by atoms with Gasteiger partial charge in [0, 0.05) is 36.6 Å². The van der Waals surface area contributed by atoms with Crippen LogP contribution in [-0.2, 0) is 4.79 Å². The summed E-state index contributed by atoms with van der Waals surface area (Å²) in [6.45, 7) is 1.07. The predicted octanol–water partition coefficient (Wildman–Crippen LogP) is 4.53. The van der Waals surface area contributed by atoms with Gasteiger partial charge in [-0.05, 0) is 37.1 Å². The normalized spacial score (nSPS) is 14.8. The Labute approximate surface area is 239 Å². The number of fused-ring (bicyclic) bond motifs is 1. The fourth-order valence-corrected chi connectivity index (χ4v) is 5.09. The summed E-state index contributed by atoms with van der Waals surface area (Å²) in [5.74, 6) is -0.0527. The molecule has 1 aliphatic heterocycles. The molecule has 2 aromatic carbocycles. The van der Waals surface area contributed by atoms with Crippen molar-refractivity contribution < 1.29 is 29.3 Å². The minimum atomic E-state index is -1.24. The molecule has 0 aliphatic carbocycles. The van der Waals surface area contributed by atoms with E-state index in [9.17, 15) is 14.7 Å². The summed E-state index contributed by atoms with van der Waals surface area (Å²) in [5, 5.41) is 25.1. The third-order valence-corrected chi connectivity index (χ3v) is 7.12. The number of carboxylic acids is 1. The number of hydrogen-bond donors (Lipinski definition) is 4. The number of thiazole rings is 1. The average molecular weight is 587 g/mol. The van der Waals surface area contributed by atoms with Gasteiger partial charge < -0.3 is 35.2 Å². The number of ether oxygens (including phenoxy) is 2. The number of aromatic hydroxyl groups is 1. The van der Waals surface area contributed by atoms with E-state index in [1.54, 1.807) is 31.9 Å². The Morgan fingerprint density at radius 3 is 2.58 bits per heavy atom. The van der Waals surface area contributed by atoms with Crippen molar-refractivity contribution in [1.29, 1.82) is 0 Å². The highest BCUT2D eigenvalue weighted by atomic mass is 35.5. The van der Waals surface area contributed by atoms with Gasteiger partial charge in [0.05, 0.1) is 25.6 Å². The number of phenols is 1. The molecule has 1 atom stereocenters. The van der Waals surface area contributed by atoms with E-state index in [1.165, 1.54) is 29.5 Å². The number of anilines is 4. The van der Waals surface area contributed by atoms with Gasteiger partial charge in [-0.15, -0.1) is 23.7 Å². The van der Waals surface area contributed by atoms with Crippen LogP contribution in [0.15, 0.2) is 41.9 Å². The minimum absolute atomic E-state index is 0. The summed E-state index contributed by atoms with van der Waals surface area (Å²) >= 11 is 1.40. The first kappa shape index (κ1) is 28.6. The Bertz CT molecular complexity index is 1550. The summed E-state index contributed by atoms with van der Waals surface area (Å²) < 4.78 is 10.7. The molecule has 4 aromatic rings. The fourth-order valence-electron chi connectivity index (χ4n) is 4.44. The van der Waals surface area contributed by atoms with Crippen molar-refractivity contribution in [3.63, 3.8) is 0 Å². The van der Waals surface area contributed by atoms with E-state index < -0.39 is 11.7 Å². The van der Waals surface area contributed by atoms with Gasteiger partial charge in [-0.2, -0.15) is 9.97 Å². The Balaban J connectivity index is 0.00000370. The number of nitrogens with one attached hydrogen (secondary N) is 2.